The summed E-state index contributed by atoms with van der Waals surface area (Å²) in [4.78, 5) is 26.2. The van der Waals surface area contributed by atoms with E-state index in [0.717, 1.165) is 81.5 Å². The molecule has 1 atom stereocenters. The number of rotatable bonds is 6. The Kier molecular flexibility index (Phi) is 7.66. The van der Waals surface area contributed by atoms with E-state index >= 15 is 0 Å². The zero-order chi connectivity index (χ0) is 22.7. The van der Waals surface area contributed by atoms with E-state index in [1.54, 1.807) is 0 Å². The molecule has 2 saturated heterocycles. The average Bonchev–Trinajstić information content (AvgIpc) is 3.23. The molecule has 4 rings (SSSR count). The van der Waals surface area contributed by atoms with Crippen LogP contribution in [0.1, 0.15) is 53.0 Å². The van der Waals surface area contributed by atoms with Gasteiger partial charge in [0.2, 0.25) is 0 Å². The van der Waals surface area contributed by atoms with Gasteiger partial charge in [0.25, 0.3) is 5.91 Å². The Morgan fingerprint density at radius 3 is 2.56 bits per heavy atom. The first-order chi connectivity index (χ1) is 15.4. The molecular formula is C24H30Cl2N4O2. The van der Waals surface area contributed by atoms with Crippen molar-refractivity contribution in [1.82, 2.24) is 19.8 Å². The van der Waals surface area contributed by atoms with E-state index in [2.05, 4.69) is 14.9 Å². The smallest absolute Gasteiger partial charge is 0.272 e. The van der Waals surface area contributed by atoms with Gasteiger partial charge in [0.05, 0.1) is 16.1 Å². The van der Waals surface area contributed by atoms with Gasteiger partial charge in [-0.15, -0.1) is 0 Å². The van der Waals surface area contributed by atoms with Crippen molar-refractivity contribution in [1.29, 1.82) is 0 Å². The first kappa shape index (κ1) is 23.4. The van der Waals surface area contributed by atoms with Crippen molar-refractivity contribution in [3.63, 3.8) is 0 Å². The maximum Gasteiger partial charge on any atom is 0.272 e. The molecule has 2 aliphatic rings. The number of aromatic nitrogens is 2. The van der Waals surface area contributed by atoms with E-state index < -0.39 is 0 Å². The number of nitrogens with zero attached hydrogens (tertiary/aromatic N) is 4. The summed E-state index contributed by atoms with van der Waals surface area (Å²) in [5.74, 6) is -0.00413. The highest BCUT2D eigenvalue weighted by atomic mass is 35.5. The van der Waals surface area contributed by atoms with Crippen LogP contribution in [-0.2, 0) is 12.8 Å². The number of hydrogen-bond acceptors (Lipinski definition) is 5. The predicted molar refractivity (Wildman–Crippen MR) is 126 cm³/mol. The van der Waals surface area contributed by atoms with Gasteiger partial charge < -0.3 is 10.0 Å². The fourth-order valence-corrected chi connectivity index (χ4v) is 5.11. The van der Waals surface area contributed by atoms with Crippen LogP contribution in [0.4, 0.5) is 0 Å². The predicted octanol–water partition coefficient (Wildman–Crippen LogP) is 3.94. The summed E-state index contributed by atoms with van der Waals surface area (Å²) in [5, 5.41) is 10.9. The Morgan fingerprint density at radius 2 is 1.88 bits per heavy atom. The number of piperidine rings is 1. The summed E-state index contributed by atoms with van der Waals surface area (Å²) < 4.78 is 0. The standard InChI is InChI=1S/C24H30Cl2N4O2/c1-16-22(4-2-3-17-5-6-20(25)21(26)13-17)27-15-28-23(16)24(32)29-10-7-18(8-11-29)30-12-9-19(31)14-30/h5-6,13,15,18-19,31H,2-4,7-12,14H2,1H3. The van der Waals surface area contributed by atoms with Gasteiger partial charge in [-0.05, 0) is 63.1 Å². The number of hydrogen-bond donors (Lipinski definition) is 1. The number of likely N-dealkylation sites (tertiary alicyclic amines) is 2. The molecule has 8 heteroatoms. The summed E-state index contributed by atoms with van der Waals surface area (Å²) in [7, 11) is 0. The van der Waals surface area contributed by atoms with Crippen molar-refractivity contribution in [3.8, 4) is 0 Å². The molecule has 0 bridgehead atoms. The van der Waals surface area contributed by atoms with Gasteiger partial charge in [-0.25, -0.2) is 9.97 Å². The molecule has 1 aromatic heterocycles. The number of aliphatic hydroxyl groups excluding tert-OH is 1. The number of benzene rings is 1. The Hall–Kier alpha value is -1.73. The van der Waals surface area contributed by atoms with Crippen molar-refractivity contribution >= 4 is 29.1 Å². The van der Waals surface area contributed by atoms with Gasteiger partial charge >= 0.3 is 0 Å². The van der Waals surface area contributed by atoms with E-state index in [4.69, 9.17) is 23.2 Å². The number of halogens is 2. The van der Waals surface area contributed by atoms with Gasteiger partial charge in [-0.2, -0.15) is 0 Å². The molecule has 32 heavy (non-hydrogen) atoms. The monoisotopic (exact) mass is 476 g/mol. The summed E-state index contributed by atoms with van der Waals surface area (Å²) in [6.45, 7) is 5.12. The lowest BCUT2D eigenvalue weighted by molar-refractivity contribution is 0.0621. The number of carbonyl (C=O) groups excluding carboxylic acids is 1. The first-order valence-corrected chi connectivity index (χ1v) is 12.1. The summed E-state index contributed by atoms with van der Waals surface area (Å²) in [5.41, 5.74) is 3.44. The molecule has 2 fully saturated rings. The minimum atomic E-state index is -0.201. The maximum absolute atomic E-state index is 13.2. The second kappa shape index (κ2) is 10.5. The van der Waals surface area contributed by atoms with Gasteiger partial charge in [-0.1, -0.05) is 29.3 Å². The van der Waals surface area contributed by atoms with Crippen LogP contribution < -0.4 is 0 Å². The zero-order valence-corrected chi connectivity index (χ0v) is 19.9. The van der Waals surface area contributed by atoms with E-state index in [-0.39, 0.29) is 12.0 Å². The molecule has 1 aromatic carbocycles. The van der Waals surface area contributed by atoms with E-state index in [9.17, 15) is 9.90 Å². The van der Waals surface area contributed by atoms with Gasteiger partial charge in [0, 0.05) is 43.5 Å². The normalized spacial score (nSPS) is 20.1. The number of amides is 1. The molecule has 2 aromatic rings. The summed E-state index contributed by atoms with van der Waals surface area (Å²) in [6.07, 6.45) is 6.58. The van der Waals surface area contributed by atoms with Crippen molar-refractivity contribution in [3.05, 3.63) is 57.1 Å². The minimum absolute atomic E-state index is 0.00413. The highest BCUT2D eigenvalue weighted by Crippen LogP contribution is 2.25. The van der Waals surface area contributed by atoms with Crippen LogP contribution in [0.25, 0.3) is 0 Å². The molecule has 0 saturated carbocycles. The highest BCUT2D eigenvalue weighted by molar-refractivity contribution is 6.42. The van der Waals surface area contributed by atoms with Crippen LogP contribution in [0.2, 0.25) is 10.0 Å². The molecule has 172 valence electrons. The third-order valence-corrected chi connectivity index (χ3v) is 7.46. The van der Waals surface area contributed by atoms with E-state index in [0.29, 0.717) is 21.8 Å². The van der Waals surface area contributed by atoms with Gasteiger partial charge in [-0.3, -0.25) is 9.69 Å². The molecule has 0 radical (unpaired) electrons. The van der Waals surface area contributed by atoms with Crippen LogP contribution in [-0.4, -0.2) is 69.1 Å². The van der Waals surface area contributed by atoms with Gasteiger partial charge in [0.15, 0.2) is 0 Å². The second-order valence-electron chi connectivity index (χ2n) is 8.86. The average molecular weight is 477 g/mol. The quantitative estimate of drug-likeness (QED) is 0.683. The SMILES string of the molecule is Cc1c(CCCc2ccc(Cl)c(Cl)c2)ncnc1C(=O)N1CCC(N2CCC(O)C2)CC1. The van der Waals surface area contributed by atoms with Crippen LogP contribution in [0.3, 0.4) is 0 Å². The highest BCUT2D eigenvalue weighted by Gasteiger charge is 2.32. The second-order valence-corrected chi connectivity index (χ2v) is 9.67. The number of β-amino-alcohol motifs (C(OH)–C–C–N with tert-alkyl or cyclic N) is 1. The van der Waals surface area contributed by atoms with E-state index in [1.165, 1.54) is 6.33 Å². The third kappa shape index (κ3) is 5.42. The lowest BCUT2D eigenvalue weighted by Gasteiger charge is -2.36. The zero-order valence-electron chi connectivity index (χ0n) is 18.4. The fraction of sp³-hybridized carbons (Fsp3) is 0.542. The Labute approximate surface area is 199 Å². The molecule has 0 spiro atoms. The summed E-state index contributed by atoms with van der Waals surface area (Å²) in [6, 6.07) is 6.17. The van der Waals surface area contributed by atoms with Crippen LogP contribution >= 0.6 is 23.2 Å². The topological polar surface area (TPSA) is 69.6 Å². The number of carbonyl (C=O) groups is 1. The lowest BCUT2D eigenvalue weighted by Crippen LogP contribution is -2.46. The Bertz CT molecular complexity index is 963. The molecule has 0 aliphatic carbocycles. The molecule has 3 heterocycles. The van der Waals surface area contributed by atoms with Crippen molar-refractivity contribution in [2.75, 3.05) is 26.2 Å². The van der Waals surface area contributed by atoms with Crippen molar-refractivity contribution < 1.29 is 9.90 Å². The maximum atomic E-state index is 13.2. The van der Waals surface area contributed by atoms with Crippen LogP contribution in [0.5, 0.6) is 0 Å². The van der Waals surface area contributed by atoms with E-state index in [1.807, 2.05) is 30.0 Å². The first-order valence-electron chi connectivity index (χ1n) is 11.4. The largest absolute Gasteiger partial charge is 0.392 e. The Morgan fingerprint density at radius 1 is 1.09 bits per heavy atom. The summed E-state index contributed by atoms with van der Waals surface area (Å²) >= 11 is 12.1. The molecule has 1 amide bonds. The molecule has 6 nitrogen and oxygen atoms in total. The van der Waals surface area contributed by atoms with Gasteiger partial charge in [0.1, 0.15) is 12.0 Å². The number of aliphatic hydroxyl groups is 1. The molecule has 1 N–H and O–H groups in total. The fourth-order valence-electron chi connectivity index (χ4n) is 4.79. The Balaban J connectivity index is 1.33. The molecule has 1 unspecified atom stereocenters. The molecule has 2 aliphatic heterocycles. The molecular weight excluding hydrogens is 447 g/mol. The van der Waals surface area contributed by atoms with Crippen LogP contribution in [0, 0.1) is 6.92 Å². The van der Waals surface area contributed by atoms with Crippen molar-refractivity contribution in [2.45, 2.75) is 57.6 Å². The number of aryl methyl sites for hydroxylation is 2. The third-order valence-electron chi connectivity index (χ3n) is 6.72. The van der Waals surface area contributed by atoms with Crippen molar-refractivity contribution in [2.24, 2.45) is 0 Å². The van der Waals surface area contributed by atoms with Crippen LogP contribution in [0.15, 0.2) is 24.5 Å². The lowest BCUT2D eigenvalue weighted by atomic mass is 10.0. The minimum Gasteiger partial charge on any atom is -0.392 e.